The average Bonchev–Trinajstić information content (AvgIpc) is 2.81. The molecule has 0 nitrogen and oxygen atoms in total. The van der Waals surface area contributed by atoms with Gasteiger partial charge < -0.3 is 0 Å². The molecule has 0 saturated carbocycles. The van der Waals surface area contributed by atoms with Crippen LogP contribution in [0, 0.1) is 0 Å². The highest BCUT2D eigenvalue weighted by Gasteiger charge is 2.19. The quantitative estimate of drug-likeness (QED) is 0.200. The first-order chi connectivity index (χ1) is 16.0. The van der Waals surface area contributed by atoms with Gasteiger partial charge in [0.15, 0.2) is 0 Å². The smallest absolute Gasteiger partial charge is 0.00701 e. The molecule has 0 fully saturated rings. The number of rotatable bonds is 6. The van der Waals surface area contributed by atoms with E-state index < -0.39 is 0 Å². The molecule has 0 spiro atoms. The van der Waals surface area contributed by atoms with E-state index in [1.807, 2.05) is 0 Å². The molecule has 0 N–H and O–H groups in total. The molecule has 0 aliphatic rings. The van der Waals surface area contributed by atoms with E-state index in [0.29, 0.717) is 0 Å². The summed E-state index contributed by atoms with van der Waals surface area (Å²) in [6.45, 7) is 20.2. The molecule has 3 aromatic carbocycles. The average molecular weight is 449 g/mol. The van der Waals surface area contributed by atoms with Crippen molar-refractivity contribution in [3.05, 3.63) is 125 Å². The van der Waals surface area contributed by atoms with Crippen molar-refractivity contribution in [1.29, 1.82) is 0 Å². The van der Waals surface area contributed by atoms with Gasteiger partial charge in [-0.25, -0.2) is 0 Å². The third-order valence-corrected chi connectivity index (χ3v) is 6.42. The molecule has 0 bridgehead atoms. The van der Waals surface area contributed by atoms with E-state index in [1.165, 1.54) is 33.4 Å². The van der Waals surface area contributed by atoms with Gasteiger partial charge in [0.05, 0.1) is 0 Å². The predicted octanol–water partition coefficient (Wildman–Crippen LogP) is 9.87. The van der Waals surface area contributed by atoms with Gasteiger partial charge in [0.1, 0.15) is 0 Å². The molecule has 0 heterocycles. The van der Waals surface area contributed by atoms with E-state index in [9.17, 15) is 0 Å². The Bertz CT molecular complexity index is 1150. The molecule has 3 aromatic rings. The maximum Gasteiger partial charge on any atom is -0.00701 e. The van der Waals surface area contributed by atoms with Crippen LogP contribution in [0.5, 0.6) is 0 Å². The van der Waals surface area contributed by atoms with Crippen LogP contribution in [0.4, 0.5) is 0 Å². The second-order valence-electron chi connectivity index (χ2n) is 11.1. The van der Waals surface area contributed by atoms with Crippen molar-refractivity contribution < 1.29 is 0 Å². The Hall–Kier alpha value is -3.12. The maximum absolute atomic E-state index is 4.62. The van der Waals surface area contributed by atoms with Gasteiger partial charge in [-0.15, -0.1) is 0 Å². The van der Waals surface area contributed by atoms with Gasteiger partial charge in [-0.1, -0.05) is 139 Å². The Morgan fingerprint density at radius 1 is 0.647 bits per heavy atom. The molecule has 3 rings (SSSR count). The van der Waals surface area contributed by atoms with E-state index in [1.54, 1.807) is 0 Å². The van der Waals surface area contributed by atoms with Crippen LogP contribution < -0.4 is 0 Å². The molecule has 34 heavy (non-hydrogen) atoms. The van der Waals surface area contributed by atoms with Crippen molar-refractivity contribution in [3.63, 3.8) is 0 Å². The fourth-order valence-electron chi connectivity index (χ4n) is 4.22. The molecule has 0 aromatic heterocycles. The lowest BCUT2D eigenvalue weighted by atomic mass is 9.82. The minimum absolute atomic E-state index is 0.129. The Morgan fingerprint density at radius 3 is 1.56 bits per heavy atom. The zero-order valence-electron chi connectivity index (χ0n) is 22.1. The number of hydrogen-bond donors (Lipinski definition) is 0. The Kier molecular flexibility index (Phi) is 7.82. The van der Waals surface area contributed by atoms with E-state index in [2.05, 4.69) is 146 Å². The lowest BCUT2D eigenvalue weighted by molar-refractivity contribution is 0.590. The Labute approximate surface area is 207 Å². The van der Waals surface area contributed by atoms with Crippen LogP contribution in [0.2, 0.25) is 0 Å². The highest BCUT2D eigenvalue weighted by Crippen LogP contribution is 2.39. The second-order valence-corrected chi connectivity index (χ2v) is 11.1. The molecule has 0 heteroatoms. The zero-order chi connectivity index (χ0) is 24.9. The minimum atomic E-state index is 0.129. The van der Waals surface area contributed by atoms with Crippen molar-refractivity contribution in [3.8, 4) is 0 Å². The molecule has 0 atom stereocenters. The van der Waals surface area contributed by atoms with Crippen LogP contribution >= 0.6 is 0 Å². The van der Waals surface area contributed by atoms with Gasteiger partial charge in [0, 0.05) is 0 Å². The van der Waals surface area contributed by atoms with Crippen molar-refractivity contribution in [2.75, 3.05) is 0 Å². The summed E-state index contributed by atoms with van der Waals surface area (Å²) in [5.74, 6) is 0. The summed E-state index contributed by atoms with van der Waals surface area (Å²) in [6.07, 6.45) is 5.23. The lowest BCUT2D eigenvalue weighted by Crippen LogP contribution is -2.10. The largest absolute Gasteiger partial charge is 0.0913 e. The standard InChI is InChI=1S/C34H40/c1-9-10-16-31(27-19-23-30(24-20-27)34(6,7)8)32(28-14-12-11-13-15-28)25(2)26-17-21-29(22-18-26)33(3,4)5/h9-15,17-24H,2,16H2,1,3-8H3/b10-9+,32-31-. The summed E-state index contributed by atoms with van der Waals surface area (Å²) >= 11 is 0. The number of hydrogen-bond acceptors (Lipinski definition) is 0. The summed E-state index contributed by atoms with van der Waals surface area (Å²) < 4.78 is 0. The summed E-state index contributed by atoms with van der Waals surface area (Å²) in [5.41, 5.74) is 10.1. The van der Waals surface area contributed by atoms with Gasteiger partial charge in [-0.2, -0.15) is 0 Å². The molecule has 0 amide bonds. The van der Waals surface area contributed by atoms with Crippen molar-refractivity contribution in [2.45, 2.75) is 65.7 Å². The second kappa shape index (κ2) is 10.4. The lowest BCUT2D eigenvalue weighted by Gasteiger charge is -2.22. The molecule has 176 valence electrons. The summed E-state index contributed by atoms with van der Waals surface area (Å²) in [7, 11) is 0. The van der Waals surface area contributed by atoms with Crippen LogP contribution in [0.3, 0.4) is 0 Å². The van der Waals surface area contributed by atoms with Gasteiger partial charge in [-0.05, 0) is 68.7 Å². The van der Waals surface area contributed by atoms with Gasteiger partial charge >= 0.3 is 0 Å². The van der Waals surface area contributed by atoms with E-state index in [0.717, 1.165) is 17.6 Å². The first-order valence-electron chi connectivity index (χ1n) is 12.3. The topological polar surface area (TPSA) is 0 Å². The third kappa shape index (κ3) is 6.06. The van der Waals surface area contributed by atoms with Crippen LogP contribution in [-0.4, -0.2) is 0 Å². The van der Waals surface area contributed by atoms with Gasteiger partial charge in [0.25, 0.3) is 0 Å². The van der Waals surface area contributed by atoms with Crippen LogP contribution in [0.1, 0.15) is 82.7 Å². The fourth-order valence-corrected chi connectivity index (χ4v) is 4.22. The molecular formula is C34H40. The third-order valence-electron chi connectivity index (χ3n) is 6.42. The van der Waals surface area contributed by atoms with Crippen molar-refractivity contribution >= 4 is 16.7 Å². The molecular weight excluding hydrogens is 408 g/mol. The summed E-state index contributed by atoms with van der Waals surface area (Å²) in [5, 5.41) is 0. The first kappa shape index (κ1) is 25.5. The highest BCUT2D eigenvalue weighted by atomic mass is 14.2. The molecule has 0 saturated heterocycles. The predicted molar refractivity (Wildman–Crippen MR) is 152 cm³/mol. The van der Waals surface area contributed by atoms with Gasteiger partial charge in [0.2, 0.25) is 0 Å². The molecule has 0 unspecified atom stereocenters. The zero-order valence-corrected chi connectivity index (χ0v) is 22.1. The normalized spacial score (nSPS) is 13.1. The SMILES string of the molecule is C=C(/C(=C(\C/C=C/C)c1ccc(C(C)(C)C)cc1)c1ccccc1)c1ccc(C(C)(C)C)cc1. The van der Waals surface area contributed by atoms with Crippen LogP contribution in [-0.2, 0) is 10.8 Å². The summed E-state index contributed by atoms with van der Waals surface area (Å²) in [4.78, 5) is 0. The molecule has 0 aliphatic carbocycles. The monoisotopic (exact) mass is 448 g/mol. The van der Waals surface area contributed by atoms with E-state index in [-0.39, 0.29) is 10.8 Å². The highest BCUT2D eigenvalue weighted by molar-refractivity contribution is 6.14. The summed E-state index contributed by atoms with van der Waals surface area (Å²) in [6, 6.07) is 28.7. The fraction of sp³-hybridized carbons (Fsp3) is 0.294. The molecule has 0 radical (unpaired) electrons. The molecule has 0 aliphatic heterocycles. The van der Waals surface area contributed by atoms with E-state index in [4.69, 9.17) is 0 Å². The van der Waals surface area contributed by atoms with E-state index >= 15 is 0 Å². The maximum atomic E-state index is 4.62. The number of allylic oxidation sites excluding steroid dienone is 5. The Balaban J connectivity index is 2.21. The Morgan fingerprint density at radius 2 is 1.12 bits per heavy atom. The van der Waals surface area contributed by atoms with Crippen LogP contribution in [0.25, 0.3) is 16.7 Å². The van der Waals surface area contributed by atoms with Crippen LogP contribution in [0.15, 0.2) is 97.6 Å². The van der Waals surface area contributed by atoms with Gasteiger partial charge in [-0.3, -0.25) is 0 Å². The minimum Gasteiger partial charge on any atom is -0.0913 e. The van der Waals surface area contributed by atoms with Crippen molar-refractivity contribution in [1.82, 2.24) is 0 Å². The first-order valence-corrected chi connectivity index (χ1v) is 12.3. The number of benzene rings is 3. The van der Waals surface area contributed by atoms with Crippen molar-refractivity contribution in [2.24, 2.45) is 0 Å².